The lowest BCUT2D eigenvalue weighted by Gasteiger charge is -2.29. The Bertz CT molecular complexity index is 526. The maximum absolute atomic E-state index is 12.9. The van der Waals surface area contributed by atoms with Crippen LogP contribution in [0, 0.1) is 5.82 Å². The molecule has 2 aliphatic heterocycles. The fraction of sp³-hybridized carbons (Fsp3) is 0.538. The van der Waals surface area contributed by atoms with E-state index >= 15 is 0 Å². The Hall–Kier alpha value is -1.09. The molecule has 86 valence electrons. The summed E-state index contributed by atoms with van der Waals surface area (Å²) in [6.07, 6.45) is -2.83. The lowest BCUT2D eigenvalue weighted by molar-refractivity contribution is 0.137. The van der Waals surface area contributed by atoms with Crippen molar-refractivity contribution in [3.63, 3.8) is 0 Å². The van der Waals surface area contributed by atoms with Gasteiger partial charge < -0.3 is 10.1 Å². The molecule has 2 nitrogen and oxygen atoms in total. The first kappa shape index (κ1) is 6.60. The zero-order valence-electron chi connectivity index (χ0n) is 12.8. The van der Waals surface area contributed by atoms with Crippen molar-refractivity contribution in [3.8, 4) is 5.75 Å². The minimum atomic E-state index is -2.17. The number of fused-ring (bicyclic) bond motifs is 2. The van der Waals surface area contributed by atoms with E-state index < -0.39 is 24.3 Å². The smallest absolute Gasteiger partial charge is 0.123 e. The van der Waals surface area contributed by atoms with Crippen LogP contribution in [-0.4, -0.2) is 18.1 Å². The van der Waals surface area contributed by atoms with Gasteiger partial charge in [-0.25, -0.2) is 4.39 Å². The van der Waals surface area contributed by atoms with Crippen LogP contribution < -0.4 is 10.1 Å². The second-order valence-corrected chi connectivity index (χ2v) is 4.17. The van der Waals surface area contributed by atoms with E-state index in [1.807, 2.05) is 0 Å². The topological polar surface area (TPSA) is 21.3 Å². The number of piperidine rings is 1. The standard InChI is InChI=1S/C13H16FNO/c14-9-1-5-12(6-2-9)16-13-7-10-3-4-11(8-13)15-10/h1-2,5-6,10-11,13,15H,3-4,7-8H2/t10-,11+,13?/i7D2,10D,13D/m0/s1. The molecule has 16 heavy (non-hydrogen) atoms. The van der Waals surface area contributed by atoms with Crippen molar-refractivity contribution < 1.29 is 14.6 Å². The lowest BCUT2D eigenvalue weighted by Crippen LogP contribution is -2.42. The van der Waals surface area contributed by atoms with Gasteiger partial charge in [0.2, 0.25) is 0 Å². The molecule has 0 aliphatic carbocycles. The Labute approximate surface area is 100 Å². The molecule has 2 fully saturated rings. The van der Waals surface area contributed by atoms with Crippen LogP contribution in [0.2, 0.25) is 0 Å². The van der Waals surface area contributed by atoms with E-state index in [4.69, 9.17) is 10.2 Å². The van der Waals surface area contributed by atoms with Crippen LogP contribution in [0.1, 0.15) is 31.1 Å². The van der Waals surface area contributed by atoms with Crippen molar-refractivity contribution >= 4 is 0 Å². The van der Waals surface area contributed by atoms with Crippen molar-refractivity contribution in [1.82, 2.24) is 5.32 Å². The zero-order chi connectivity index (χ0) is 14.6. The minimum absolute atomic E-state index is 0.0886. The Balaban J connectivity index is 1.92. The molecule has 3 rings (SSSR count). The molecule has 0 saturated carbocycles. The van der Waals surface area contributed by atoms with E-state index in [9.17, 15) is 4.39 Å². The fourth-order valence-corrected chi connectivity index (χ4v) is 2.12. The summed E-state index contributed by atoms with van der Waals surface area (Å²) in [5, 5.41) is 2.94. The van der Waals surface area contributed by atoms with Gasteiger partial charge in [-0.1, -0.05) is 0 Å². The van der Waals surface area contributed by atoms with Crippen LogP contribution >= 0.6 is 0 Å². The molecule has 0 radical (unpaired) electrons. The van der Waals surface area contributed by atoms with Crippen molar-refractivity contribution in [2.45, 2.75) is 43.8 Å². The van der Waals surface area contributed by atoms with Crippen LogP contribution in [-0.2, 0) is 0 Å². The van der Waals surface area contributed by atoms with E-state index in [-0.39, 0.29) is 18.2 Å². The third kappa shape index (κ3) is 2.05. The molecule has 0 amide bonds. The molecule has 2 bridgehead atoms. The molecule has 1 aromatic carbocycles. The molecular weight excluding hydrogens is 205 g/mol. The van der Waals surface area contributed by atoms with Gasteiger partial charge in [-0.05, 0) is 49.9 Å². The number of benzene rings is 1. The van der Waals surface area contributed by atoms with Gasteiger partial charge in [0.1, 0.15) is 17.6 Å². The Morgan fingerprint density at radius 2 is 2.19 bits per heavy atom. The second kappa shape index (κ2) is 4.06. The van der Waals surface area contributed by atoms with Crippen LogP contribution in [0.4, 0.5) is 4.39 Å². The normalized spacial score (nSPS) is 48.7. The first-order chi connectivity index (χ1) is 9.26. The van der Waals surface area contributed by atoms with E-state index in [0.29, 0.717) is 12.8 Å². The van der Waals surface area contributed by atoms with Crippen LogP contribution in [0.15, 0.2) is 24.3 Å². The van der Waals surface area contributed by atoms with Gasteiger partial charge in [-0.15, -0.1) is 0 Å². The highest BCUT2D eigenvalue weighted by Gasteiger charge is 2.34. The van der Waals surface area contributed by atoms with Gasteiger partial charge in [0, 0.05) is 16.2 Å². The average Bonchev–Trinajstić information content (AvgIpc) is 2.72. The summed E-state index contributed by atoms with van der Waals surface area (Å²) in [5.41, 5.74) is 0. The zero-order valence-corrected chi connectivity index (χ0v) is 8.79. The van der Waals surface area contributed by atoms with E-state index in [2.05, 4.69) is 5.32 Å². The highest BCUT2D eigenvalue weighted by Crippen LogP contribution is 2.29. The quantitative estimate of drug-likeness (QED) is 0.835. The first-order valence-corrected chi connectivity index (χ1v) is 5.48. The monoisotopic (exact) mass is 225 g/mol. The molecule has 2 aliphatic rings. The summed E-state index contributed by atoms with van der Waals surface area (Å²) in [4.78, 5) is 0. The predicted octanol–water partition coefficient (Wildman–Crippen LogP) is 2.49. The van der Waals surface area contributed by atoms with Gasteiger partial charge >= 0.3 is 0 Å². The SMILES string of the molecule is [2H]C1(Oc2ccc(F)cc2)C[C@H]2CC[C@]([2H])(N2)C1([2H])[2H]. The number of rotatable bonds is 2. The maximum Gasteiger partial charge on any atom is 0.123 e. The summed E-state index contributed by atoms with van der Waals surface area (Å²) >= 11 is 0. The number of halogens is 1. The number of hydrogen-bond donors (Lipinski definition) is 1. The number of nitrogens with one attached hydrogen (secondary N) is 1. The summed E-state index contributed by atoms with van der Waals surface area (Å²) in [5.74, 6) is -0.170. The second-order valence-electron chi connectivity index (χ2n) is 4.17. The molecule has 2 heterocycles. The molecule has 0 aromatic heterocycles. The minimum Gasteiger partial charge on any atom is -0.490 e. The third-order valence-corrected chi connectivity index (χ3v) is 2.90. The van der Waals surface area contributed by atoms with Crippen molar-refractivity contribution in [1.29, 1.82) is 0 Å². The summed E-state index contributed by atoms with van der Waals surface area (Å²) in [6, 6.07) is 3.58. The molecule has 1 unspecified atom stereocenters. The summed E-state index contributed by atoms with van der Waals surface area (Å²) < 4.78 is 51.4. The van der Waals surface area contributed by atoms with Crippen LogP contribution in [0.25, 0.3) is 0 Å². The van der Waals surface area contributed by atoms with Crippen LogP contribution in [0.5, 0.6) is 5.75 Å². The van der Waals surface area contributed by atoms with Crippen molar-refractivity contribution in [2.24, 2.45) is 0 Å². The number of hydrogen-bond acceptors (Lipinski definition) is 2. The first-order valence-electron chi connectivity index (χ1n) is 7.48. The fourth-order valence-electron chi connectivity index (χ4n) is 2.12. The summed E-state index contributed by atoms with van der Waals surface area (Å²) in [7, 11) is 0. The predicted molar refractivity (Wildman–Crippen MR) is 60.0 cm³/mol. The Morgan fingerprint density at radius 3 is 3.00 bits per heavy atom. The van der Waals surface area contributed by atoms with E-state index in [0.717, 1.165) is 0 Å². The van der Waals surface area contributed by atoms with Crippen molar-refractivity contribution in [3.05, 3.63) is 30.1 Å². The van der Waals surface area contributed by atoms with Crippen molar-refractivity contribution in [2.75, 3.05) is 0 Å². The Morgan fingerprint density at radius 1 is 1.38 bits per heavy atom. The third-order valence-electron chi connectivity index (χ3n) is 2.90. The largest absolute Gasteiger partial charge is 0.490 e. The van der Waals surface area contributed by atoms with E-state index in [1.165, 1.54) is 24.3 Å². The lowest BCUT2D eigenvalue weighted by atomic mass is 10.0. The summed E-state index contributed by atoms with van der Waals surface area (Å²) in [6.45, 7) is 0. The molecule has 2 saturated heterocycles. The van der Waals surface area contributed by atoms with E-state index in [1.54, 1.807) is 0 Å². The molecule has 1 aromatic rings. The highest BCUT2D eigenvalue weighted by molar-refractivity contribution is 5.22. The highest BCUT2D eigenvalue weighted by atomic mass is 19.1. The van der Waals surface area contributed by atoms with Gasteiger partial charge in [-0.3, -0.25) is 0 Å². The Kier molecular flexibility index (Phi) is 1.67. The molecular formula is C13H16FNO. The molecule has 1 N–H and O–H groups in total. The molecule has 0 spiro atoms. The average molecular weight is 225 g/mol. The number of ether oxygens (including phenoxy) is 1. The van der Waals surface area contributed by atoms with Crippen LogP contribution in [0.3, 0.4) is 0 Å². The van der Waals surface area contributed by atoms with Gasteiger partial charge in [-0.2, -0.15) is 0 Å². The van der Waals surface area contributed by atoms with Gasteiger partial charge in [0.25, 0.3) is 0 Å². The molecule has 3 heteroatoms. The van der Waals surface area contributed by atoms with Gasteiger partial charge in [0.05, 0.1) is 1.37 Å². The molecule has 3 atom stereocenters. The van der Waals surface area contributed by atoms with Gasteiger partial charge in [0.15, 0.2) is 0 Å². The maximum atomic E-state index is 12.9.